The molecule has 22 heavy (non-hydrogen) atoms. The van der Waals surface area contributed by atoms with E-state index in [4.69, 9.17) is 0 Å². The first-order valence-electron chi connectivity index (χ1n) is 6.61. The number of non-ortho nitro benzene ring substituents is 1. The molecule has 112 valence electrons. The third-order valence-corrected chi connectivity index (χ3v) is 3.60. The summed E-state index contributed by atoms with van der Waals surface area (Å²) in [6.07, 6.45) is 0.630. The molecule has 1 aromatic carbocycles. The maximum absolute atomic E-state index is 12.5. The number of anilines is 1. The molecule has 2 heterocycles. The lowest BCUT2D eigenvalue weighted by atomic mass is 10.1. The van der Waals surface area contributed by atoms with E-state index in [0.717, 1.165) is 10.2 Å². The number of nitrogens with zero attached hydrogens (tertiary/aromatic N) is 4. The molecule has 0 fully saturated rings. The molecule has 0 unspecified atom stereocenters. The maximum Gasteiger partial charge on any atom is 0.278 e. The molecule has 1 aliphatic rings. The van der Waals surface area contributed by atoms with E-state index in [-0.39, 0.29) is 22.8 Å². The highest BCUT2D eigenvalue weighted by Crippen LogP contribution is 2.32. The quantitative estimate of drug-likeness (QED) is 0.606. The Hall–Kier alpha value is -3.03. The molecule has 0 saturated heterocycles. The molecule has 0 saturated carbocycles. The van der Waals surface area contributed by atoms with Crippen LogP contribution in [0.2, 0.25) is 0 Å². The maximum atomic E-state index is 12.5. The zero-order chi connectivity index (χ0) is 15.9. The molecule has 0 radical (unpaired) electrons. The summed E-state index contributed by atoms with van der Waals surface area (Å²) in [6.45, 7) is 0.430. The third-order valence-electron chi connectivity index (χ3n) is 3.60. The second kappa shape index (κ2) is 5.06. The summed E-state index contributed by atoms with van der Waals surface area (Å²) in [5, 5.41) is 14.8. The average molecular weight is 300 g/mol. The van der Waals surface area contributed by atoms with E-state index in [9.17, 15) is 19.7 Å². The number of carbonyl (C=O) groups is 1. The molecular formula is C14H12N4O4. The van der Waals surface area contributed by atoms with Gasteiger partial charge in [-0.3, -0.25) is 19.7 Å². The molecular weight excluding hydrogens is 288 g/mol. The molecule has 8 heteroatoms. The van der Waals surface area contributed by atoms with Gasteiger partial charge in [-0.25, -0.2) is 4.68 Å². The van der Waals surface area contributed by atoms with Crippen molar-refractivity contribution in [3.05, 3.63) is 62.1 Å². The van der Waals surface area contributed by atoms with Crippen molar-refractivity contribution in [1.29, 1.82) is 0 Å². The molecule has 0 N–H and O–H groups in total. The van der Waals surface area contributed by atoms with Crippen LogP contribution < -0.4 is 10.5 Å². The minimum Gasteiger partial charge on any atom is -0.306 e. The largest absolute Gasteiger partial charge is 0.306 e. The first-order chi connectivity index (χ1) is 10.5. The van der Waals surface area contributed by atoms with Gasteiger partial charge in [0.2, 0.25) is 0 Å². The minimum absolute atomic E-state index is 0.0631. The Morgan fingerprint density at radius 3 is 2.77 bits per heavy atom. The van der Waals surface area contributed by atoms with Crippen LogP contribution in [-0.2, 0) is 13.5 Å². The average Bonchev–Trinajstić information content (AvgIpc) is 2.92. The van der Waals surface area contributed by atoms with Gasteiger partial charge in [0.1, 0.15) is 5.69 Å². The van der Waals surface area contributed by atoms with E-state index in [1.807, 2.05) is 0 Å². The predicted molar refractivity (Wildman–Crippen MR) is 78.0 cm³/mol. The summed E-state index contributed by atoms with van der Waals surface area (Å²) in [5.74, 6) is -0.380. The molecule has 8 nitrogen and oxygen atoms in total. The number of hydrogen-bond acceptors (Lipinski definition) is 5. The lowest BCUT2D eigenvalue weighted by molar-refractivity contribution is -0.384. The van der Waals surface area contributed by atoms with Crippen LogP contribution in [0.1, 0.15) is 16.1 Å². The van der Waals surface area contributed by atoms with Gasteiger partial charge in [0.05, 0.1) is 10.6 Å². The van der Waals surface area contributed by atoms with Crippen molar-refractivity contribution in [3.8, 4) is 0 Å². The van der Waals surface area contributed by atoms with Gasteiger partial charge in [-0.05, 0) is 18.1 Å². The molecule has 3 rings (SSSR count). The van der Waals surface area contributed by atoms with E-state index >= 15 is 0 Å². The zero-order valence-corrected chi connectivity index (χ0v) is 11.7. The van der Waals surface area contributed by atoms with Crippen molar-refractivity contribution in [2.45, 2.75) is 6.42 Å². The number of nitro groups is 1. The summed E-state index contributed by atoms with van der Waals surface area (Å²) in [6, 6.07) is 7.11. The van der Waals surface area contributed by atoms with Crippen LogP contribution in [-0.4, -0.2) is 27.2 Å². The van der Waals surface area contributed by atoms with Crippen molar-refractivity contribution in [3.63, 3.8) is 0 Å². The zero-order valence-electron chi connectivity index (χ0n) is 11.7. The minimum atomic E-state index is -0.494. The lowest BCUT2D eigenvalue weighted by Crippen LogP contribution is -2.32. The van der Waals surface area contributed by atoms with Gasteiger partial charge in [0.25, 0.3) is 17.2 Å². The van der Waals surface area contributed by atoms with Crippen LogP contribution >= 0.6 is 0 Å². The SMILES string of the molecule is Cn1nc(C(=O)N2CCc3ccc([N+](=O)[O-])cc32)ccc1=O. The predicted octanol–water partition coefficient (Wildman–Crippen LogP) is 0.891. The lowest BCUT2D eigenvalue weighted by Gasteiger charge is -2.16. The van der Waals surface area contributed by atoms with Crippen LogP contribution in [0.4, 0.5) is 11.4 Å². The first-order valence-corrected chi connectivity index (χ1v) is 6.61. The van der Waals surface area contributed by atoms with Gasteiger partial charge < -0.3 is 4.90 Å². The van der Waals surface area contributed by atoms with Crippen molar-refractivity contribution < 1.29 is 9.72 Å². The van der Waals surface area contributed by atoms with Crippen LogP contribution in [0, 0.1) is 10.1 Å². The highest BCUT2D eigenvalue weighted by Gasteiger charge is 2.28. The summed E-state index contributed by atoms with van der Waals surface area (Å²) in [5.41, 5.74) is 1.15. The van der Waals surface area contributed by atoms with Gasteiger partial charge in [0.15, 0.2) is 0 Å². The van der Waals surface area contributed by atoms with Crippen LogP contribution in [0.25, 0.3) is 0 Å². The number of benzene rings is 1. The molecule has 0 atom stereocenters. The van der Waals surface area contributed by atoms with Gasteiger partial charge in [-0.1, -0.05) is 6.07 Å². The van der Waals surface area contributed by atoms with Gasteiger partial charge in [-0.2, -0.15) is 5.10 Å². The highest BCUT2D eigenvalue weighted by atomic mass is 16.6. The first kappa shape index (κ1) is 13.9. The van der Waals surface area contributed by atoms with Crippen molar-refractivity contribution >= 4 is 17.3 Å². The van der Waals surface area contributed by atoms with Gasteiger partial charge >= 0.3 is 0 Å². The Bertz CT molecular complexity index is 843. The van der Waals surface area contributed by atoms with E-state index in [2.05, 4.69) is 5.10 Å². The Labute approximate surface area is 124 Å². The Morgan fingerprint density at radius 2 is 2.09 bits per heavy atom. The molecule has 0 bridgehead atoms. The van der Waals surface area contributed by atoms with Gasteiger partial charge in [-0.15, -0.1) is 0 Å². The fourth-order valence-electron chi connectivity index (χ4n) is 2.45. The van der Waals surface area contributed by atoms with E-state index < -0.39 is 4.92 Å². The third kappa shape index (κ3) is 2.24. The van der Waals surface area contributed by atoms with E-state index in [1.54, 1.807) is 6.07 Å². The molecule has 1 amide bonds. The van der Waals surface area contributed by atoms with Crippen molar-refractivity contribution in [2.75, 3.05) is 11.4 Å². The Morgan fingerprint density at radius 1 is 1.32 bits per heavy atom. The monoisotopic (exact) mass is 300 g/mol. The smallest absolute Gasteiger partial charge is 0.278 e. The van der Waals surface area contributed by atoms with Crippen molar-refractivity contribution in [2.24, 2.45) is 7.05 Å². The molecule has 1 aliphatic heterocycles. The van der Waals surface area contributed by atoms with Crippen molar-refractivity contribution in [1.82, 2.24) is 9.78 Å². The summed E-state index contributed by atoms with van der Waals surface area (Å²) in [7, 11) is 1.46. The van der Waals surface area contributed by atoms with Crippen LogP contribution in [0.15, 0.2) is 35.1 Å². The summed E-state index contributed by atoms with van der Waals surface area (Å²) < 4.78 is 1.08. The summed E-state index contributed by atoms with van der Waals surface area (Å²) >= 11 is 0. The number of carbonyl (C=O) groups excluding carboxylic acids is 1. The normalized spacial score (nSPS) is 13.0. The summed E-state index contributed by atoms with van der Waals surface area (Å²) in [4.78, 5) is 35.7. The molecule has 0 aliphatic carbocycles. The van der Waals surface area contributed by atoms with E-state index in [1.165, 1.54) is 36.2 Å². The molecule has 0 spiro atoms. The fraction of sp³-hybridized carbons (Fsp3) is 0.214. The van der Waals surface area contributed by atoms with Crippen LogP contribution in [0.5, 0.6) is 0 Å². The number of rotatable bonds is 2. The van der Waals surface area contributed by atoms with Crippen LogP contribution in [0.3, 0.4) is 0 Å². The second-order valence-electron chi connectivity index (χ2n) is 4.96. The number of nitro benzene ring substituents is 1. The number of amides is 1. The Balaban J connectivity index is 1.99. The van der Waals surface area contributed by atoms with E-state index in [0.29, 0.717) is 18.7 Å². The second-order valence-corrected chi connectivity index (χ2v) is 4.96. The number of hydrogen-bond donors (Lipinski definition) is 0. The fourth-order valence-corrected chi connectivity index (χ4v) is 2.45. The number of fused-ring (bicyclic) bond motifs is 1. The Kier molecular flexibility index (Phi) is 3.21. The number of aromatic nitrogens is 2. The van der Waals surface area contributed by atoms with Gasteiger partial charge in [0, 0.05) is 31.8 Å². The highest BCUT2D eigenvalue weighted by molar-refractivity contribution is 6.06. The standard InChI is InChI=1S/C14H12N4O4/c1-16-13(19)5-4-11(15-16)14(20)17-7-6-9-2-3-10(18(21)22)8-12(9)17/h2-5,8H,6-7H2,1H3. The topological polar surface area (TPSA) is 98.3 Å². The molecule has 2 aromatic rings. The molecule has 1 aromatic heterocycles. The number of aryl methyl sites for hydroxylation is 1.